The first-order chi connectivity index (χ1) is 12.7. The molecule has 3 aromatic carbocycles. The lowest BCUT2D eigenvalue weighted by atomic mass is 9.96. The van der Waals surface area contributed by atoms with Gasteiger partial charge in [-0.2, -0.15) is 0 Å². The van der Waals surface area contributed by atoms with Gasteiger partial charge in [-0.25, -0.2) is 0 Å². The minimum atomic E-state index is 0.607. The van der Waals surface area contributed by atoms with Crippen LogP contribution in [0.1, 0.15) is 0 Å². The smallest absolute Gasteiger partial charge is 0.172 e. The third-order valence-electron chi connectivity index (χ3n) is 4.36. The summed E-state index contributed by atoms with van der Waals surface area (Å²) < 4.78 is 28.0. The van der Waals surface area contributed by atoms with E-state index in [9.17, 15) is 0 Å². The van der Waals surface area contributed by atoms with Crippen LogP contribution < -0.4 is 23.7 Å². The summed E-state index contributed by atoms with van der Waals surface area (Å²) in [4.78, 5) is 0. The molecule has 0 N–H and O–H groups in total. The summed E-state index contributed by atoms with van der Waals surface area (Å²) in [6, 6.07) is 13.6. The highest BCUT2D eigenvalue weighted by molar-refractivity contribution is 6.03. The van der Waals surface area contributed by atoms with Crippen molar-refractivity contribution in [3.8, 4) is 39.9 Å². The molecule has 0 unspecified atom stereocenters. The first-order valence-electron chi connectivity index (χ1n) is 8.13. The molecule has 5 nitrogen and oxygen atoms in total. The largest absolute Gasteiger partial charge is 0.495 e. The first kappa shape index (κ1) is 17.7. The molecular formula is C21H22O5. The fourth-order valence-corrected chi connectivity index (χ4v) is 3.22. The molecule has 0 fully saturated rings. The zero-order chi connectivity index (χ0) is 18.7. The summed E-state index contributed by atoms with van der Waals surface area (Å²) in [5.41, 5.74) is 1.67. The van der Waals surface area contributed by atoms with Crippen LogP contribution in [0.3, 0.4) is 0 Å². The Balaban J connectivity index is 2.41. The second kappa shape index (κ2) is 7.44. The minimum Gasteiger partial charge on any atom is -0.495 e. The van der Waals surface area contributed by atoms with E-state index in [-0.39, 0.29) is 0 Å². The Morgan fingerprint density at radius 1 is 0.538 bits per heavy atom. The Labute approximate surface area is 153 Å². The average molecular weight is 354 g/mol. The molecule has 0 aliphatic heterocycles. The normalized spacial score (nSPS) is 10.5. The van der Waals surface area contributed by atoms with E-state index < -0.39 is 0 Å². The third kappa shape index (κ3) is 2.75. The number of benzene rings is 3. The van der Waals surface area contributed by atoms with Crippen molar-refractivity contribution >= 4 is 10.8 Å². The molecule has 0 bridgehead atoms. The lowest BCUT2D eigenvalue weighted by Gasteiger charge is -2.20. The zero-order valence-electron chi connectivity index (χ0n) is 15.6. The molecule has 0 radical (unpaired) electrons. The van der Waals surface area contributed by atoms with Crippen molar-refractivity contribution in [1.82, 2.24) is 0 Å². The lowest BCUT2D eigenvalue weighted by Crippen LogP contribution is -1.99. The highest BCUT2D eigenvalue weighted by Crippen LogP contribution is 2.51. The second-order valence-electron chi connectivity index (χ2n) is 5.59. The Hall–Kier alpha value is -3.08. The summed E-state index contributed by atoms with van der Waals surface area (Å²) in [5.74, 6) is 3.26. The highest BCUT2D eigenvalue weighted by Gasteiger charge is 2.23. The minimum absolute atomic E-state index is 0.607. The van der Waals surface area contributed by atoms with Crippen molar-refractivity contribution in [2.45, 2.75) is 0 Å². The van der Waals surface area contributed by atoms with Crippen LogP contribution in [0.4, 0.5) is 0 Å². The molecular weight excluding hydrogens is 332 g/mol. The van der Waals surface area contributed by atoms with Crippen molar-refractivity contribution in [1.29, 1.82) is 0 Å². The van der Waals surface area contributed by atoms with E-state index in [4.69, 9.17) is 23.7 Å². The maximum absolute atomic E-state index is 5.78. The fraction of sp³-hybridized carbons (Fsp3) is 0.238. The van der Waals surface area contributed by atoms with E-state index >= 15 is 0 Å². The number of ether oxygens (including phenoxy) is 5. The predicted molar refractivity (Wildman–Crippen MR) is 102 cm³/mol. The van der Waals surface area contributed by atoms with E-state index in [0.29, 0.717) is 28.7 Å². The van der Waals surface area contributed by atoms with E-state index in [1.807, 2.05) is 42.5 Å². The van der Waals surface area contributed by atoms with Gasteiger partial charge in [-0.05, 0) is 17.7 Å². The van der Waals surface area contributed by atoms with Crippen molar-refractivity contribution in [3.63, 3.8) is 0 Å². The quantitative estimate of drug-likeness (QED) is 0.650. The van der Waals surface area contributed by atoms with Gasteiger partial charge in [0.25, 0.3) is 0 Å². The van der Waals surface area contributed by atoms with Gasteiger partial charge in [0.1, 0.15) is 5.75 Å². The maximum Gasteiger partial charge on any atom is 0.172 e. The van der Waals surface area contributed by atoms with Crippen molar-refractivity contribution in [2.75, 3.05) is 35.5 Å². The number of hydrogen-bond acceptors (Lipinski definition) is 5. The van der Waals surface area contributed by atoms with Gasteiger partial charge in [0.15, 0.2) is 23.0 Å². The third-order valence-corrected chi connectivity index (χ3v) is 4.36. The molecule has 0 amide bonds. The van der Waals surface area contributed by atoms with Crippen LogP contribution in [-0.2, 0) is 0 Å². The number of hydrogen-bond donors (Lipinski definition) is 0. The lowest BCUT2D eigenvalue weighted by molar-refractivity contribution is 0.353. The Morgan fingerprint density at radius 2 is 1.12 bits per heavy atom. The van der Waals surface area contributed by atoms with Crippen LogP contribution in [0.25, 0.3) is 21.9 Å². The molecule has 26 heavy (non-hydrogen) atoms. The van der Waals surface area contributed by atoms with Crippen LogP contribution >= 0.6 is 0 Å². The summed E-state index contributed by atoms with van der Waals surface area (Å²) in [6.07, 6.45) is 0. The number of methoxy groups -OCH3 is 5. The molecule has 0 spiro atoms. The standard InChI is InChI=1S/C21H22O5/c1-22-16-11-10-13(12-17(16)23-2)18-19(24-3)14-8-6-7-9-15(14)20(25-4)21(18)26-5/h6-12H,1-5H3. The van der Waals surface area contributed by atoms with Gasteiger partial charge in [0, 0.05) is 10.8 Å². The molecule has 136 valence electrons. The van der Waals surface area contributed by atoms with Crippen LogP contribution in [0.15, 0.2) is 42.5 Å². The second-order valence-corrected chi connectivity index (χ2v) is 5.59. The SMILES string of the molecule is COc1ccc(-c2c(OC)c(OC)c3ccccc3c2OC)cc1OC. The summed E-state index contributed by atoms with van der Waals surface area (Å²) in [5, 5.41) is 1.87. The fourth-order valence-electron chi connectivity index (χ4n) is 3.22. The molecule has 3 rings (SSSR count). The Kier molecular flexibility index (Phi) is 5.07. The van der Waals surface area contributed by atoms with Crippen molar-refractivity contribution in [2.24, 2.45) is 0 Å². The van der Waals surface area contributed by atoms with Crippen LogP contribution in [-0.4, -0.2) is 35.5 Å². The molecule has 0 aliphatic carbocycles. The van der Waals surface area contributed by atoms with Gasteiger partial charge in [-0.3, -0.25) is 0 Å². The van der Waals surface area contributed by atoms with Crippen molar-refractivity contribution < 1.29 is 23.7 Å². The van der Waals surface area contributed by atoms with Gasteiger partial charge in [-0.15, -0.1) is 0 Å². The molecule has 0 aliphatic rings. The number of rotatable bonds is 6. The zero-order valence-corrected chi connectivity index (χ0v) is 15.6. The summed E-state index contributed by atoms with van der Waals surface area (Å²) in [6.45, 7) is 0. The maximum atomic E-state index is 5.78. The first-order valence-corrected chi connectivity index (χ1v) is 8.13. The van der Waals surface area contributed by atoms with E-state index in [1.54, 1.807) is 35.5 Å². The van der Waals surface area contributed by atoms with E-state index in [0.717, 1.165) is 21.9 Å². The Morgan fingerprint density at radius 3 is 1.65 bits per heavy atom. The van der Waals surface area contributed by atoms with Crippen LogP contribution in [0, 0.1) is 0 Å². The molecule has 5 heteroatoms. The van der Waals surface area contributed by atoms with E-state index in [1.165, 1.54) is 0 Å². The van der Waals surface area contributed by atoms with Crippen LogP contribution in [0.2, 0.25) is 0 Å². The summed E-state index contributed by atoms with van der Waals surface area (Å²) >= 11 is 0. The van der Waals surface area contributed by atoms with Gasteiger partial charge in [0.05, 0.1) is 41.1 Å². The molecule has 0 aromatic heterocycles. The average Bonchev–Trinajstić information content (AvgIpc) is 2.71. The molecule has 0 atom stereocenters. The topological polar surface area (TPSA) is 46.2 Å². The van der Waals surface area contributed by atoms with Crippen LogP contribution in [0.5, 0.6) is 28.7 Å². The van der Waals surface area contributed by atoms with Gasteiger partial charge in [0.2, 0.25) is 0 Å². The molecule has 0 heterocycles. The highest BCUT2D eigenvalue weighted by atomic mass is 16.5. The summed E-state index contributed by atoms with van der Waals surface area (Å²) in [7, 11) is 8.12. The monoisotopic (exact) mass is 354 g/mol. The molecule has 0 saturated heterocycles. The van der Waals surface area contributed by atoms with Gasteiger partial charge in [-0.1, -0.05) is 30.3 Å². The molecule has 3 aromatic rings. The van der Waals surface area contributed by atoms with Gasteiger partial charge < -0.3 is 23.7 Å². The number of fused-ring (bicyclic) bond motifs is 1. The molecule has 0 saturated carbocycles. The van der Waals surface area contributed by atoms with E-state index in [2.05, 4.69) is 0 Å². The Bertz CT molecular complexity index is 933. The van der Waals surface area contributed by atoms with Gasteiger partial charge >= 0.3 is 0 Å². The predicted octanol–water partition coefficient (Wildman–Crippen LogP) is 4.55. The van der Waals surface area contributed by atoms with Crippen molar-refractivity contribution in [3.05, 3.63) is 42.5 Å².